The molecule has 1 N–H and O–H groups in total. The standard InChI is InChI=1S/C24H30N2O4/c1-7-30-24(29)22-16(4)21(17(5)25-22)23(28)18(6)26(15(2)3)20(27)14-13-19-11-9-8-10-12-19/h8-15,18,25H,7H2,1-6H3/b14-13+. The van der Waals surface area contributed by atoms with E-state index >= 15 is 0 Å². The molecule has 1 aromatic heterocycles. The van der Waals surface area contributed by atoms with Crippen LogP contribution in [0.25, 0.3) is 6.08 Å². The third kappa shape index (κ3) is 5.06. The highest BCUT2D eigenvalue weighted by atomic mass is 16.5. The second kappa shape index (κ2) is 10.1. The highest BCUT2D eigenvalue weighted by molar-refractivity contribution is 6.07. The highest BCUT2D eigenvalue weighted by Gasteiger charge is 2.31. The number of ether oxygens (including phenoxy) is 1. The summed E-state index contributed by atoms with van der Waals surface area (Å²) in [5, 5.41) is 0. The number of aryl methyl sites for hydroxylation is 1. The van der Waals surface area contributed by atoms with Gasteiger partial charge in [-0.05, 0) is 58.7 Å². The van der Waals surface area contributed by atoms with Crippen molar-refractivity contribution >= 4 is 23.7 Å². The first-order valence-corrected chi connectivity index (χ1v) is 10.1. The maximum absolute atomic E-state index is 13.3. The predicted octanol–water partition coefficient (Wildman–Crippen LogP) is 4.33. The van der Waals surface area contributed by atoms with Crippen LogP contribution in [0.3, 0.4) is 0 Å². The van der Waals surface area contributed by atoms with Crippen LogP contribution in [0.5, 0.6) is 0 Å². The van der Waals surface area contributed by atoms with E-state index < -0.39 is 12.0 Å². The number of aromatic nitrogens is 1. The summed E-state index contributed by atoms with van der Waals surface area (Å²) in [4.78, 5) is 42.9. The molecule has 0 aliphatic heterocycles. The van der Waals surface area contributed by atoms with E-state index in [4.69, 9.17) is 4.74 Å². The number of ketones is 1. The van der Waals surface area contributed by atoms with Crippen molar-refractivity contribution in [3.63, 3.8) is 0 Å². The van der Waals surface area contributed by atoms with E-state index in [1.807, 2.05) is 44.2 Å². The Balaban J connectivity index is 2.30. The fraction of sp³-hybridized carbons (Fsp3) is 0.375. The minimum Gasteiger partial charge on any atom is -0.461 e. The van der Waals surface area contributed by atoms with E-state index in [1.165, 1.54) is 6.08 Å². The number of amides is 1. The first-order chi connectivity index (χ1) is 14.2. The zero-order chi connectivity index (χ0) is 22.4. The lowest BCUT2D eigenvalue weighted by atomic mass is 9.99. The van der Waals surface area contributed by atoms with Crippen LogP contribution < -0.4 is 0 Å². The van der Waals surface area contributed by atoms with Gasteiger partial charge in [0.1, 0.15) is 5.69 Å². The van der Waals surface area contributed by atoms with Crippen LogP contribution >= 0.6 is 0 Å². The zero-order valence-electron chi connectivity index (χ0n) is 18.5. The fourth-order valence-corrected chi connectivity index (χ4v) is 3.57. The van der Waals surface area contributed by atoms with Gasteiger partial charge in [-0.25, -0.2) is 4.79 Å². The van der Waals surface area contributed by atoms with Gasteiger partial charge >= 0.3 is 5.97 Å². The highest BCUT2D eigenvalue weighted by Crippen LogP contribution is 2.23. The second-order valence-electron chi connectivity index (χ2n) is 7.47. The lowest BCUT2D eigenvalue weighted by Crippen LogP contribution is -2.46. The van der Waals surface area contributed by atoms with E-state index in [0.29, 0.717) is 16.8 Å². The van der Waals surface area contributed by atoms with Crippen LogP contribution in [-0.2, 0) is 9.53 Å². The number of rotatable bonds is 8. The summed E-state index contributed by atoms with van der Waals surface area (Å²) < 4.78 is 5.06. The minimum absolute atomic E-state index is 0.180. The number of Topliss-reactive ketones (excluding diaryl/α,β-unsaturated/α-hetero) is 1. The number of carbonyl (C=O) groups is 3. The monoisotopic (exact) mass is 410 g/mol. The zero-order valence-corrected chi connectivity index (χ0v) is 18.5. The normalized spacial score (nSPS) is 12.2. The first-order valence-electron chi connectivity index (χ1n) is 10.1. The van der Waals surface area contributed by atoms with E-state index in [-0.39, 0.29) is 30.0 Å². The van der Waals surface area contributed by atoms with Gasteiger partial charge in [0, 0.05) is 23.4 Å². The van der Waals surface area contributed by atoms with Gasteiger partial charge < -0.3 is 14.6 Å². The first kappa shape index (κ1) is 23.1. The third-order valence-corrected chi connectivity index (χ3v) is 4.99. The van der Waals surface area contributed by atoms with Crippen molar-refractivity contribution in [1.29, 1.82) is 0 Å². The quantitative estimate of drug-likeness (QED) is 0.399. The molecular formula is C24H30N2O4. The Hall–Kier alpha value is -3.15. The predicted molar refractivity (Wildman–Crippen MR) is 117 cm³/mol. The van der Waals surface area contributed by atoms with Crippen molar-refractivity contribution in [3.05, 3.63) is 64.5 Å². The fourth-order valence-electron chi connectivity index (χ4n) is 3.57. The number of hydrogen-bond donors (Lipinski definition) is 1. The molecule has 30 heavy (non-hydrogen) atoms. The second-order valence-corrected chi connectivity index (χ2v) is 7.47. The molecule has 0 saturated carbocycles. The Labute approximate surface area is 177 Å². The summed E-state index contributed by atoms with van der Waals surface area (Å²) in [6.07, 6.45) is 3.22. The van der Waals surface area contributed by atoms with Gasteiger partial charge in [0.25, 0.3) is 0 Å². The molecule has 0 spiro atoms. The molecule has 1 heterocycles. The molecule has 0 aliphatic rings. The Morgan fingerprint density at radius 1 is 1.10 bits per heavy atom. The van der Waals surface area contributed by atoms with Crippen LogP contribution in [0, 0.1) is 13.8 Å². The Kier molecular flexibility index (Phi) is 7.75. The van der Waals surface area contributed by atoms with Gasteiger partial charge in [0.2, 0.25) is 5.91 Å². The molecule has 6 nitrogen and oxygen atoms in total. The van der Waals surface area contributed by atoms with Crippen molar-refractivity contribution in [2.24, 2.45) is 0 Å². The van der Waals surface area contributed by atoms with Gasteiger partial charge in [0.15, 0.2) is 5.78 Å². The Morgan fingerprint density at radius 3 is 2.30 bits per heavy atom. The smallest absolute Gasteiger partial charge is 0.355 e. The summed E-state index contributed by atoms with van der Waals surface area (Å²) in [6, 6.07) is 8.64. The lowest BCUT2D eigenvalue weighted by molar-refractivity contribution is -0.128. The molecule has 0 bridgehead atoms. The van der Waals surface area contributed by atoms with E-state index in [9.17, 15) is 14.4 Å². The van der Waals surface area contributed by atoms with Crippen molar-refractivity contribution in [1.82, 2.24) is 9.88 Å². The summed E-state index contributed by atoms with van der Waals surface area (Å²) in [5.74, 6) is -0.953. The summed E-state index contributed by atoms with van der Waals surface area (Å²) in [5.41, 5.74) is 2.74. The number of benzene rings is 1. The number of nitrogens with zero attached hydrogens (tertiary/aromatic N) is 1. The molecule has 0 fully saturated rings. The molecule has 1 aromatic carbocycles. The topological polar surface area (TPSA) is 79.5 Å². The molecule has 0 aliphatic carbocycles. The number of carbonyl (C=O) groups excluding carboxylic acids is 3. The van der Waals surface area contributed by atoms with Gasteiger partial charge in [-0.3, -0.25) is 9.59 Å². The van der Waals surface area contributed by atoms with Crippen molar-refractivity contribution in [2.75, 3.05) is 6.61 Å². The minimum atomic E-state index is -0.693. The summed E-state index contributed by atoms with van der Waals surface area (Å²) >= 11 is 0. The number of hydrogen-bond acceptors (Lipinski definition) is 4. The molecule has 160 valence electrons. The van der Waals surface area contributed by atoms with E-state index in [2.05, 4.69) is 4.98 Å². The Morgan fingerprint density at radius 2 is 1.73 bits per heavy atom. The van der Waals surface area contributed by atoms with Gasteiger partial charge in [0.05, 0.1) is 12.6 Å². The molecule has 1 amide bonds. The number of aromatic amines is 1. The van der Waals surface area contributed by atoms with Crippen LogP contribution in [0.2, 0.25) is 0 Å². The molecule has 1 unspecified atom stereocenters. The Bertz CT molecular complexity index is 942. The molecule has 0 radical (unpaired) electrons. The van der Waals surface area contributed by atoms with E-state index in [1.54, 1.807) is 38.7 Å². The third-order valence-electron chi connectivity index (χ3n) is 4.99. The van der Waals surface area contributed by atoms with E-state index in [0.717, 1.165) is 5.56 Å². The largest absolute Gasteiger partial charge is 0.461 e. The van der Waals surface area contributed by atoms with Crippen LogP contribution in [0.15, 0.2) is 36.4 Å². The SMILES string of the molecule is CCOC(=O)c1[nH]c(C)c(C(=O)C(C)N(C(=O)/C=C/c2ccccc2)C(C)C)c1C. The maximum Gasteiger partial charge on any atom is 0.355 e. The number of nitrogens with one attached hydrogen (secondary N) is 1. The van der Waals surface area contributed by atoms with Crippen LogP contribution in [0.1, 0.15) is 65.4 Å². The lowest BCUT2D eigenvalue weighted by Gasteiger charge is -2.31. The molecule has 1 atom stereocenters. The van der Waals surface area contributed by atoms with Crippen molar-refractivity contribution in [2.45, 2.75) is 53.6 Å². The summed E-state index contributed by atoms with van der Waals surface area (Å²) in [7, 11) is 0. The van der Waals surface area contributed by atoms with Crippen LogP contribution in [-0.4, -0.2) is 46.2 Å². The number of esters is 1. The average Bonchev–Trinajstić information content (AvgIpc) is 3.00. The molecule has 6 heteroatoms. The van der Waals surface area contributed by atoms with Gasteiger partial charge in [-0.1, -0.05) is 30.3 Å². The summed E-state index contributed by atoms with van der Waals surface area (Å²) in [6.45, 7) is 10.9. The molecule has 2 rings (SSSR count). The molecule has 2 aromatic rings. The van der Waals surface area contributed by atoms with Crippen LogP contribution in [0.4, 0.5) is 0 Å². The molecule has 0 saturated heterocycles. The van der Waals surface area contributed by atoms with Gasteiger partial charge in [-0.2, -0.15) is 0 Å². The average molecular weight is 411 g/mol. The number of H-pyrrole nitrogens is 1. The van der Waals surface area contributed by atoms with Crippen molar-refractivity contribution < 1.29 is 19.1 Å². The molecular weight excluding hydrogens is 380 g/mol. The van der Waals surface area contributed by atoms with Gasteiger partial charge in [-0.15, -0.1) is 0 Å². The maximum atomic E-state index is 13.3. The van der Waals surface area contributed by atoms with Crippen molar-refractivity contribution in [3.8, 4) is 0 Å².